The third-order valence-corrected chi connectivity index (χ3v) is 4.71. The van der Waals surface area contributed by atoms with Gasteiger partial charge in [0, 0.05) is 29.9 Å². The first kappa shape index (κ1) is 17.2. The van der Waals surface area contributed by atoms with E-state index in [-0.39, 0.29) is 23.1 Å². The van der Waals surface area contributed by atoms with Gasteiger partial charge in [0.15, 0.2) is 0 Å². The van der Waals surface area contributed by atoms with Gasteiger partial charge in [-0.25, -0.2) is 0 Å². The molecule has 1 aliphatic rings. The number of aryl methyl sites for hydroxylation is 1. The van der Waals surface area contributed by atoms with Crippen LogP contribution in [0.4, 0.5) is 0 Å². The second kappa shape index (κ2) is 7.42. The predicted octanol–water partition coefficient (Wildman–Crippen LogP) is 2.72. The average Bonchev–Trinajstić information content (AvgIpc) is 2.90. The van der Waals surface area contributed by atoms with Crippen LogP contribution >= 0.6 is 15.9 Å². The Morgan fingerprint density at radius 3 is 2.95 bits per heavy atom. The van der Waals surface area contributed by atoms with Crippen LogP contribution in [-0.4, -0.2) is 41.6 Å². The molecule has 0 bridgehead atoms. The van der Waals surface area contributed by atoms with Crippen molar-refractivity contribution in [2.75, 3.05) is 19.7 Å². The normalized spacial score (nSPS) is 18.2. The first-order valence-electron chi connectivity index (χ1n) is 7.68. The number of likely N-dealkylation sites (tertiary alicyclic amines) is 1. The summed E-state index contributed by atoms with van der Waals surface area (Å²) in [5.74, 6) is 0.388. The number of nitrogens with one attached hydrogen (secondary N) is 1. The van der Waals surface area contributed by atoms with Gasteiger partial charge in [0.25, 0.3) is 11.5 Å². The maximum absolute atomic E-state index is 12.5. The minimum atomic E-state index is -0.338. The van der Waals surface area contributed by atoms with E-state index in [0.717, 1.165) is 29.6 Å². The largest absolute Gasteiger partial charge is 0.376 e. The van der Waals surface area contributed by atoms with Crippen LogP contribution < -0.4 is 5.56 Å². The fraction of sp³-hybridized carbons (Fsp3) is 0.625. The van der Waals surface area contributed by atoms with E-state index in [1.807, 2.05) is 0 Å². The number of hydrogen-bond acceptors (Lipinski definition) is 3. The van der Waals surface area contributed by atoms with E-state index in [2.05, 4.69) is 34.8 Å². The smallest absolute Gasteiger partial charge is 0.261 e. The summed E-state index contributed by atoms with van der Waals surface area (Å²) >= 11 is 3.35. The van der Waals surface area contributed by atoms with Crippen LogP contribution in [0.5, 0.6) is 0 Å². The van der Waals surface area contributed by atoms with Crippen molar-refractivity contribution in [2.45, 2.75) is 39.7 Å². The Hall–Kier alpha value is -1.14. The molecule has 0 aromatic carbocycles. The van der Waals surface area contributed by atoms with Crippen molar-refractivity contribution in [1.82, 2.24) is 9.88 Å². The summed E-state index contributed by atoms with van der Waals surface area (Å²) < 4.78 is 6.55. The monoisotopic (exact) mass is 370 g/mol. The number of amides is 1. The number of halogens is 1. The zero-order chi connectivity index (χ0) is 16.3. The number of rotatable bonds is 5. The van der Waals surface area contributed by atoms with E-state index in [1.54, 1.807) is 17.9 Å². The lowest BCUT2D eigenvalue weighted by atomic mass is 10.1. The van der Waals surface area contributed by atoms with Crippen LogP contribution in [0.25, 0.3) is 0 Å². The Bertz CT molecular complexity index is 598. The molecule has 2 rings (SSSR count). The highest BCUT2D eigenvalue weighted by Crippen LogP contribution is 2.18. The second-order valence-electron chi connectivity index (χ2n) is 6.20. The molecule has 1 aromatic heterocycles. The van der Waals surface area contributed by atoms with E-state index in [0.29, 0.717) is 19.0 Å². The predicted molar refractivity (Wildman–Crippen MR) is 89.2 cm³/mol. The van der Waals surface area contributed by atoms with Gasteiger partial charge in [0.05, 0.1) is 6.10 Å². The topological polar surface area (TPSA) is 62.4 Å². The molecule has 1 N–H and O–H groups in total. The summed E-state index contributed by atoms with van der Waals surface area (Å²) in [7, 11) is 0. The lowest BCUT2D eigenvalue weighted by Gasteiger charge is -2.17. The molecule has 0 radical (unpaired) electrons. The van der Waals surface area contributed by atoms with Gasteiger partial charge in [-0.1, -0.05) is 13.8 Å². The molecule has 0 saturated carbocycles. The Morgan fingerprint density at radius 1 is 1.55 bits per heavy atom. The molecule has 22 heavy (non-hydrogen) atoms. The van der Waals surface area contributed by atoms with Crippen LogP contribution in [0.1, 0.15) is 42.7 Å². The van der Waals surface area contributed by atoms with E-state index in [4.69, 9.17) is 4.74 Å². The SMILES string of the molecule is Cc1[nH]c(=O)c(C(=O)N2CC[C@@H](OCCC(C)C)C2)cc1Br. The summed E-state index contributed by atoms with van der Waals surface area (Å²) in [5.41, 5.74) is 0.563. The van der Waals surface area contributed by atoms with Crippen molar-refractivity contribution < 1.29 is 9.53 Å². The molecule has 2 heterocycles. The van der Waals surface area contributed by atoms with Crippen LogP contribution in [0.2, 0.25) is 0 Å². The molecule has 5 nitrogen and oxygen atoms in total. The summed E-state index contributed by atoms with van der Waals surface area (Å²) in [4.78, 5) is 28.8. The Kier molecular flexibility index (Phi) is 5.81. The molecule has 1 aliphatic heterocycles. The summed E-state index contributed by atoms with van der Waals surface area (Å²) in [6.45, 7) is 8.03. The number of pyridine rings is 1. The van der Waals surface area contributed by atoms with Gasteiger partial charge in [-0.05, 0) is 47.7 Å². The van der Waals surface area contributed by atoms with Crippen LogP contribution in [0, 0.1) is 12.8 Å². The molecule has 1 aromatic rings. The highest BCUT2D eigenvalue weighted by atomic mass is 79.9. The average molecular weight is 371 g/mol. The Labute approximate surface area is 139 Å². The molecular weight excluding hydrogens is 348 g/mol. The number of aromatic nitrogens is 1. The third kappa shape index (κ3) is 4.20. The molecule has 1 amide bonds. The maximum Gasteiger partial charge on any atom is 0.261 e. The minimum Gasteiger partial charge on any atom is -0.376 e. The maximum atomic E-state index is 12.5. The van der Waals surface area contributed by atoms with Crippen molar-refractivity contribution in [3.05, 3.63) is 32.2 Å². The number of carbonyl (C=O) groups excluding carboxylic acids is 1. The number of ether oxygens (including phenoxy) is 1. The molecule has 1 fully saturated rings. The zero-order valence-electron chi connectivity index (χ0n) is 13.3. The van der Waals surface area contributed by atoms with Crippen molar-refractivity contribution in [3.63, 3.8) is 0 Å². The van der Waals surface area contributed by atoms with Gasteiger partial charge in [-0.2, -0.15) is 0 Å². The molecular formula is C16H23BrN2O3. The summed E-state index contributed by atoms with van der Waals surface area (Å²) in [5, 5.41) is 0. The number of hydrogen-bond donors (Lipinski definition) is 1. The van der Waals surface area contributed by atoms with Gasteiger partial charge < -0.3 is 14.6 Å². The number of H-pyrrole nitrogens is 1. The minimum absolute atomic E-state index is 0.0793. The van der Waals surface area contributed by atoms with Crippen molar-refractivity contribution >= 4 is 21.8 Å². The molecule has 0 aliphatic carbocycles. The highest BCUT2D eigenvalue weighted by molar-refractivity contribution is 9.10. The molecule has 0 unspecified atom stereocenters. The number of carbonyl (C=O) groups is 1. The van der Waals surface area contributed by atoms with Gasteiger partial charge in [-0.15, -0.1) is 0 Å². The molecule has 6 heteroatoms. The number of aromatic amines is 1. The van der Waals surface area contributed by atoms with Gasteiger partial charge in [-0.3, -0.25) is 9.59 Å². The van der Waals surface area contributed by atoms with E-state index in [9.17, 15) is 9.59 Å². The van der Waals surface area contributed by atoms with Crippen molar-refractivity contribution in [1.29, 1.82) is 0 Å². The van der Waals surface area contributed by atoms with Crippen LogP contribution in [0.15, 0.2) is 15.3 Å². The zero-order valence-corrected chi connectivity index (χ0v) is 14.9. The van der Waals surface area contributed by atoms with Crippen molar-refractivity contribution in [3.8, 4) is 0 Å². The molecule has 0 spiro atoms. The van der Waals surface area contributed by atoms with Crippen LogP contribution in [0.3, 0.4) is 0 Å². The van der Waals surface area contributed by atoms with E-state index in [1.165, 1.54) is 0 Å². The Balaban J connectivity index is 1.97. The quantitative estimate of drug-likeness (QED) is 0.866. The van der Waals surface area contributed by atoms with Crippen molar-refractivity contribution in [2.24, 2.45) is 5.92 Å². The van der Waals surface area contributed by atoms with Gasteiger partial charge in [0.2, 0.25) is 0 Å². The second-order valence-corrected chi connectivity index (χ2v) is 7.05. The summed E-state index contributed by atoms with van der Waals surface area (Å²) in [6.07, 6.45) is 1.93. The fourth-order valence-electron chi connectivity index (χ4n) is 2.45. The fourth-order valence-corrected chi connectivity index (χ4v) is 2.77. The lowest BCUT2D eigenvalue weighted by Crippen LogP contribution is -2.34. The molecule has 122 valence electrons. The third-order valence-electron chi connectivity index (χ3n) is 3.89. The van der Waals surface area contributed by atoms with Crippen LogP contribution in [-0.2, 0) is 4.74 Å². The molecule has 1 saturated heterocycles. The van der Waals surface area contributed by atoms with E-state index >= 15 is 0 Å². The first-order chi connectivity index (χ1) is 10.4. The molecule has 1 atom stereocenters. The Morgan fingerprint density at radius 2 is 2.27 bits per heavy atom. The standard InChI is InChI=1S/C16H23BrN2O3/c1-10(2)5-7-22-12-4-6-19(9-12)16(21)13-8-14(17)11(3)18-15(13)20/h8,10,12H,4-7,9H2,1-3H3,(H,18,20)/t12-/m1/s1. The lowest BCUT2D eigenvalue weighted by molar-refractivity contribution is 0.0483. The number of nitrogens with zero attached hydrogens (tertiary/aromatic N) is 1. The van der Waals surface area contributed by atoms with Gasteiger partial charge in [0.1, 0.15) is 5.56 Å². The van der Waals surface area contributed by atoms with Gasteiger partial charge >= 0.3 is 0 Å². The van der Waals surface area contributed by atoms with E-state index < -0.39 is 0 Å². The first-order valence-corrected chi connectivity index (χ1v) is 8.48. The highest BCUT2D eigenvalue weighted by Gasteiger charge is 2.29. The summed E-state index contributed by atoms with van der Waals surface area (Å²) in [6, 6.07) is 1.60.